The third-order valence-corrected chi connectivity index (χ3v) is 5.90. The lowest BCUT2D eigenvalue weighted by molar-refractivity contribution is -0.140. The van der Waals surface area contributed by atoms with Gasteiger partial charge in [0.1, 0.15) is 18.1 Å². The monoisotopic (exact) mass is 453 g/mol. The van der Waals surface area contributed by atoms with Crippen molar-refractivity contribution in [3.05, 3.63) is 82.9 Å². The Kier molecular flexibility index (Phi) is 6.63. The molecule has 2 saturated heterocycles. The molecule has 32 heavy (non-hydrogen) atoms. The van der Waals surface area contributed by atoms with Crippen LogP contribution in [0.5, 0.6) is 5.75 Å². The van der Waals surface area contributed by atoms with Crippen molar-refractivity contribution in [3.63, 3.8) is 0 Å². The number of hydrogen-bond acceptors (Lipinski definition) is 5. The minimum atomic E-state index is -0.729. The van der Waals surface area contributed by atoms with Crippen LogP contribution in [0.25, 0.3) is 5.76 Å². The lowest BCUT2D eigenvalue weighted by Gasteiger charge is -2.27. The van der Waals surface area contributed by atoms with Crippen LogP contribution in [0.3, 0.4) is 0 Å². The van der Waals surface area contributed by atoms with Crippen molar-refractivity contribution in [1.29, 1.82) is 0 Å². The molecule has 2 aliphatic heterocycles. The molecule has 2 atom stereocenters. The normalized spacial score (nSPS) is 22.3. The van der Waals surface area contributed by atoms with Crippen LogP contribution in [0.4, 0.5) is 0 Å². The van der Waals surface area contributed by atoms with Gasteiger partial charge in [0.2, 0.25) is 0 Å². The second kappa shape index (κ2) is 9.59. The maximum atomic E-state index is 13.1. The molecule has 0 aromatic heterocycles. The van der Waals surface area contributed by atoms with E-state index in [4.69, 9.17) is 21.1 Å². The van der Waals surface area contributed by atoms with E-state index < -0.39 is 17.7 Å². The highest BCUT2D eigenvalue weighted by Crippen LogP contribution is 2.40. The SMILES string of the molecule is C=CCOc1ccc(C(O)=C2C(=O)C(=O)N(CC3CCCO3)C2c2ccc(Cl)cc2)cc1. The summed E-state index contributed by atoms with van der Waals surface area (Å²) in [5.74, 6) is -0.983. The van der Waals surface area contributed by atoms with Crippen molar-refractivity contribution in [3.8, 4) is 5.75 Å². The summed E-state index contributed by atoms with van der Waals surface area (Å²) in [5.41, 5.74) is 1.17. The first-order valence-electron chi connectivity index (χ1n) is 10.5. The predicted molar refractivity (Wildman–Crippen MR) is 122 cm³/mol. The molecule has 1 amide bonds. The Hall–Kier alpha value is -3.09. The van der Waals surface area contributed by atoms with E-state index in [1.165, 1.54) is 4.90 Å². The molecule has 2 aliphatic rings. The fraction of sp³-hybridized carbons (Fsp3) is 0.280. The Morgan fingerprint density at radius 3 is 2.53 bits per heavy atom. The lowest BCUT2D eigenvalue weighted by Crippen LogP contribution is -2.36. The van der Waals surface area contributed by atoms with Gasteiger partial charge in [-0.2, -0.15) is 0 Å². The average Bonchev–Trinajstić information content (AvgIpc) is 3.41. The minimum Gasteiger partial charge on any atom is -0.507 e. The fourth-order valence-corrected chi connectivity index (χ4v) is 4.21. The Bertz CT molecular complexity index is 1040. The van der Waals surface area contributed by atoms with Crippen LogP contribution in [0.15, 0.2) is 66.8 Å². The van der Waals surface area contributed by atoms with E-state index in [1.807, 2.05) is 0 Å². The number of benzene rings is 2. The first kappa shape index (κ1) is 22.1. The van der Waals surface area contributed by atoms with Gasteiger partial charge < -0.3 is 19.5 Å². The number of rotatable bonds is 7. The molecule has 0 spiro atoms. The zero-order valence-electron chi connectivity index (χ0n) is 17.5. The van der Waals surface area contributed by atoms with Crippen LogP contribution in [0.2, 0.25) is 5.02 Å². The first-order valence-corrected chi connectivity index (χ1v) is 10.9. The van der Waals surface area contributed by atoms with Crippen molar-refractivity contribution in [2.75, 3.05) is 19.8 Å². The Morgan fingerprint density at radius 2 is 1.91 bits per heavy atom. The average molecular weight is 454 g/mol. The second-order valence-corrected chi connectivity index (χ2v) is 8.20. The number of aliphatic hydroxyl groups excluding tert-OH is 1. The number of carbonyl (C=O) groups is 2. The second-order valence-electron chi connectivity index (χ2n) is 7.76. The summed E-state index contributed by atoms with van der Waals surface area (Å²) in [6, 6.07) is 12.9. The van der Waals surface area contributed by atoms with E-state index >= 15 is 0 Å². The van der Waals surface area contributed by atoms with Gasteiger partial charge in [-0.1, -0.05) is 36.4 Å². The largest absolute Gasteiger partial charge is 0.507 e. The van der Waals surface area contributed by atoms with Crippen molar-refractivity contribution in [2.45, 2.75) is 25.0 Å². The number of hydrogen-bond donors (Lipinski definition) is 1. The van der Waals surface area contributed by atoms with Crippen LogP contribution in [-0.2, 0) is 14.3 Å². The highest BCUT2D eigenvalue weighted by Gasteiger charge is 2.47. The van der Waals surface area contributed by atoms with E-state index in [1.54, 1.807) is 54.6 Å². The number of ether oxygens (including phenoxy) is 2. The number of ketones is 1. The van der Waals surface area contributed by atoms with Crippen LogP contribution in [-0.4, -0.2) is 47.6 Å². The van der Waals surface area contributed by atoms with E-state index in [9.17, 15) is 14.7 Å². The van der Waals surface area contributed by atoms with E-state index in [0.29, 0.717) is 35.1 Å². The molecule has 2 aromatic carbocycles. The zero-order valence-corrected chi connectivity index (χ0v) is 18.3. The number of nitrogens with zero attached hydrogens (tertiary/aromatic N) is 1. The Balaban J connectivity index is 1.74. The fourth-order valence-electron chi connectivity index (χ4n) is 4.09. The van der Waals surface area contributed by atoms with Crippen LogP contribution < -0.4 is 4.74 Å². The molecule has 2 aromatic rings. The van der Waals surface area contributed by atoms with E-state index in [2.05, 4.69) is 6.58 Å². The molecule has 2 unspecified atom stereocenters. The molecular weight excluding hydrogens is 430 g/mol. The van der Waals surface area contributed by atoms with Crippen molar-refractivity contribution in [1.82, 2.24) is 4.90 Å². The van der Waals surface area contributed by atoms with Crippen molar-refractivity contribution in [2.24, 2.45) is 0 Å². The molecule has 1 N–H and O–H groups in total. The highest BCUT2D eigenvalue weighted by atomic mass is 35.5. The molecule has 6 nitrogen and oxygen atoms in total. The van der Waals surface area contributed by atoms with Gasteiger partial charge in [-0.15, -0.1) is 0 Å². The summed E-state index contributed by atoms with van der Waals surface area (Å²) in [5, 5.41) is 11.6. The molecule has 0 bridgehead atoms. The number of amides is 1. The molecule has 2 fully saturated rings. The quantitative estimate of drug-likeness (QED) is 0.289. The first-order chi connectivity index (χ1) is 15.5. The standard InChI is InChI=1S/C25H24ClNO5/c1-2-13-31-19-11-7-17(8-12-19)23(28)21-22(16-5-9-18(26)10-6-16)27(25(30)24(21)29)15-20-4-3-14-32-20/h2,5-12,20,22,28H,1,3-4,13-15H2. The van der Waals surface area contributed by atoms with Gasteiger partial charge in [-0.3, -0.25) is 9.59 Å². The summed E-state index contributed by atoms with van der Waals surface area (Å²) in [6.07, 6.45) is 3.24. The van der Waals surface area contributed by atoms with Gasteiger partial charge in [-0.05, 0) is 54.8 Å². The molecule has 4 rings (SSSR count). The van der Waals surface area contributed by atoms with Crippen molar-refractivity contribution >= 4 is 29.1 Å². The predicted octanol–water partition coefficient (Wildman–Crippen LogP) is 4.51. The summed E-state index contributed by atoms with van der Waals surface area (Å²) in [6.45, 7) is 4.89. The van der Waals surface area contributed by atoms with Gasteiger partial charge in [-0.25, -0.2) is 0 Å². The molecule has 0 radical (unpaired) electrons. The molecular formula is C25H24ClNO5. The Labute approximate surface area is 191 Å². The Morgan fingerprint density at radius 1 is 1.19 bits per heavy atom. The van der Waals surface area contributed by atoms with Crippen LogP contribution >= 0.6 is 11.6 Å². The summed E-state index contributed by atoms with van der Waals surface area (Å²) in [4.78, 5) is 27.5. The molecule has 2 heterocycles. The maximum absolute atomic E-state index is 13.1. The highest BCUT2D eigenvalue weighted by molar-refractivity contribution is 6.46. The van der Waals surface area contributed by atoms with Crippen molar-refractivity contribution < 1.29 is 24.2 Å². The topological polar surface area (TPSA) is 76.1 Å². The minimum absolute atomic E-state index is 0.0510. The van der Waals surface area contributed by atoms with Gasteiger partial charge >= 0.3 is 0 Å². The van der Waals surface area contributed by atoms with Crippen LogP contribution in [0, 0.1) is 0 Å². The molecule has 0 aliphatic carbocycles. The van der Waals surface area contributed by atoms with E-state index in [-0.39, 0.29) is 24.0 Å². The summed E-state index contributed by atoms with van der Waals surface area (Å²) >= 11 is 6.05. The number of halogens is 1. The molecule has 166 valence electrons. The lowest BCUT2D eigenvalue weighted by atomic mass is 9.95. The van der Waals surface area contributed by atoms with Crippen LogP contribution in [0.1, 0.15) is 30.0 Å². The van der Waals surface area contributed by atoms with Gasteiger partial charge in [0, 0.05) is 23.7 Å². The van der Waals surface area contributed by atoms with Gasteiger partial charge in [0.05, 0.1) is 17.7 Å². The number of aliphatic hydroxyl groups is 1. The molecule has 0 saturated carbocycles. The van der Waals surface area contributed by atoms with Gasteiger partial charge in [0.25, 0.3) is 11.7 Å². The summed E-state index contributed by atoms with van der Waals surface area (Å²) < 4.78 is 11.2. The smallest absolute Gasteiger partial charge is 0.295 e. The van der Waals surface area contributed by atoms with E-state index in [0.717, 1.165) is 12.8 Å². The van der Waals surface area contributed by atoms with Gasteiger partial charge in [0.15, 0.2) is 0 Å². The zero-order chi connectivity index (χ0) is 22.7. The molecule has 7 heteroatoms. The number of carbonyl (C=O) groups excluding carboxylic acids is 2. The third-order valence-electron chi connectivity index (χ3n) is 5.65. The maximum Gasteiger partial charge on any atom is 0.295 e. The third kappa shape index (κ3) is 4.42. The summed E-state index contributed by atoms with van der Waals surface area (Å²) in [7, 11) is 0. The number of Topliss-reactive ketones (excluding diaryl/α,β-unsaturated/α-hetero) is 1. The number of likely N-dealkylation sites (tertiary alicyclic amines) is 1.